The molecule has 2 heterocycles. The number of pyridine rings is 1. The largest absolute Gasteiger partial charge is 0.298 e. The summed E-state index contributed by atoms with van der Waals surface area (Å²) in [4.78, 5) is 22.8. The summed E-state index contributed by atoms with van der Waals surface area (Å²) >= 11 is 1.43. The van der Waals surface area contributed by atoms with Crippen LogP contribution in [0.1, 0.15) is 27.0 Å². The van der Waals surface area contributed by atoms with Crippen LogP contribution >= 0.6 is 11.3 Å². The molecule has 5 aromatic rings. The number of hydrogen-bond donors (Lipinski definition) is 1. The van der Waals surface area contributed by atoms with E-state index < -0.39 is 0 Å². The van der Waals surface area contributed by atoms with Crippen LogP contribution in [0.15, 0.2) is 78.2 Å². The molecule has 0 saturated heterocycles. The highest BCUT2D eigenvalue weighted by atomic mass is 32.1. The lowest BCUT2D eigenvalue weighted by Gasteiger charge is -2.10. The molecule has 33 heavy (non-hydrogen) atoms. The number of amides is 1. The average molecular weight is 450 g/mol. The van der Waals surface area contributed by atoms with Gasteiger partial charge in [-0.05, 0) is 38.5 Å². The Morgan fingerprint density at radius 1 is 0.818 bits per heavy atom. The maximum absolute atomic E-state index is 13.4. The summed E-state index contributed by atoms with van der Waals surface area (Å²) in [6.45, 7) is 6.21. The van der Waals surface area contributed by atoms with Gasteiger partial charge in [0.05, 0.1) is 22.5 Å². The van der Waals surface area contributed by atoms with Crippen LogP contribution in [0.3, 0.4) is 0 Å². The minimum atomic E-state index is -0.191. The molecule has 3 aromatic carbocycles. The lowest BCUT2D eigenvalue weighted by Crippen LogP contribution is -2.13. The molecule has 1 N–H and O–H groups in total. The van der Waals surface area contributed by atoms with E-state index in [2.05, 4.69) is 61.4 Å². The molecule has 1 amide bonds. The molecule has 0 saturated carbocycles. The van der Waals surface area contributed by atoms with Gasteiger partial charge in [-0.2, -0.15) is 0 Å². The minimum absolute atomic E-state index is 0.191. The number of carbonyl (C=O) groups is 1. The van der Waals surface area contributed by atoms with E-state index in [9.17, 15) is 4.79 Å². The Morgan fingerprint density at radius 2 is 1.58 bits per heavy atom. The van der Waals surface area contributed by atoms with Crippen LogP contribution in [0.2, 0.25) is 0 Å². The molecule has 5 rings (SSSR count). The highest BCUT2D eigenvalue weighted by Gasteiger charge is 2.16. The van der Waals surface area contributed by atoms with Gasteiger partial charge >= 0.3 is 0 Å². The Morgan fingerprint density at radius 3 is 2.36 bits per heavy atom. The molecule has 0 aliphatic heterocycles. The summed E-state index contributed by atoms with van der Waals surface area (Å²) in [6, 6.07) is 24.1. The predicted octanol–water partition coefficient (Wildman–Crippen LogP) is 7.20. The molecule has 162 valence electrons. The summed E-state index contributed by atoms with van der Waals surface area (Å²) in [5, 5.41) is 6.37. The summed E-state index contributed by atoms with van der Waals surface area (Å²) in [5.41, 5.74) is 8.63. The van der Waals surface area contributed by atoms with E-state index in [0.717, 1.165) is 33.4 Å². The lowest BCUT2D eigenvalue weighted by molar-refractivity contribution is 0.102. The van der Waals surface area contributed by atoms with E-state index in [4.69, 9.17) is 4.98 Å². The maximum Gasteiger partial charge on any atom is 0.258 e. The number of aryl methyl sites for hydroxylation is 3. The highest BCUT2D eigenvalue weighted by molar-refractivity contribution is 7.14. The second-order valence-electron chi connectivity index (χ2n) is 8.25. The fraction of sp³-hybridized carbons (Fsp3) is 0.107. The van der Waals surface area contributed by atoms with Crippen molar-refractivity contribution in [2.75, 3.05) is 5.32 Å². The van der Waals surface area contributed by atoms with E-state index in [1.807, 2.05) is 47.8 Å². The summed E-state index contributed by atoms with van der Waals surface area (Å²) in [5.74, 6) is -0.191. The van der Waals surface area contributed by atoms with E-state index in [-0.39, 0.29) is 5.91 Å². The van der Waals surface area contributed by atoms with Crippen LogP contribution in [0.25, 0.3) is 33.4 Å². The van der Waals surface area contributed by atoms with Crippen LogP contribution in [0.4, 0.5) is 5.13 Å². The molecule has 4 nitrogen and oxygen atoms in total. The molecule has 0 aliphatic carbocycles. The van der Waals surface area contributed by atoms with Gasteiger partial charge in [0.2, 0.25) is 0 Å². The third-order valence-electron chi connectivity index (χ3n) is 5.69. The smallest absolute Gasteiger partial charge is 0.258 e. The van der Waals surface area contributed by atoms with Crippen molar-refractivity contribution in [3.05, 3.63) is 100 Å². The van der Waals surface area contributed by atoms with Crippen LogP contribution < -0.4 is 5.32 Å². The average Bonchev–Trinajstić information content (AvgIpc) is 3.26. The molecular weight excluding hydrogens is 426 g/mol. The molecule has 5 heteroatoms. The van der Waals surface area contributed by atoms with E-state index in [1.165, 1.54) is 28.0 Å². The Balaban J connectivity index is 1.50. The van der Waals surface area contributed by atoms with Crippen molar-refractivity contribution in [3.8, 4) is 22.5 Å². The van der Waals surface area contributed by atoms with Crippen molar-refractivity contribution in [3.63, 3.8) is 0 Å². The Labute approximate surface area is 197 Å². The van der Waals surface area contributed by atoms with Gasteiger partial charge in [-0.15, -0.1) is 11.3 Å². The van der Waals surface area contributed by atoms with E-state index in [1.54, 1.807) is 0 Å². The van der Waals surface area contributed by atoms with Gasteiger partial charge in [-0.1, -0.05) is 71.8 Å². The molecule has 2 aromatic heterocycles. The quantitative estimate of drug-likeness (QED) is 0.315. The van der Waals surface area contributed by atoms with Gasteiger partial charge in [0, 0.05) is 21.9 Å². The summed E-state index contributed by atoms with van der Waals surface area (Å²) in [6.07, 6.45) is 0. The number of aromatic nitrogens is 2. The van der Waals surface area contributed by atoms with Gasteiger partial charge in [0.25, 0.3) is 5.91 Å². The number of rotatable bonds is 4. The van der Waals surface area contributed by atoms with Crippen molar-refractivity contribution in [1.82, 2.24) is 9.97 Å². The number of hydrogen-bond acceptors (Lipinski definition) is 4. The normalized spacial score (nSPS) is 11.0. The Hall–Kier alpha value is -3.83. The van der Waals surface area contributed by atoms with Crippen LogP contribution in [-0.2, 0) is 0 Å². The number of nitrogens with zero attached hydrogens (tertiary/aromatic N) is 2. The third-order valence-corrected chi connectivity index (χ3v) is 6.45. The van der Waals surface area contributed by atoms with Crippen molar-refractivity contribution in [2.45, 2.75) is 20.8 Å². The molecule has 0 fully saturated rings. The minimum Gasteiger partial charge on any atom is -0.298 e. The number of thiazole rings is 1. The molecule has 0 spiro atoms. The predicted molar refractivity (Wildman–Crippen MR) is 137 cm³/mol. The van der Waals surface area contributed by atoms with Crippen LogP contribution in [0.5, 0.6) is 0 Å². The third kappa shape index (κ3) is 4.28. The summed E-state index contributed by atoms with van der Waals surface area (Å²) in [7, 11) is 0. The number of nitrogens with one attached hydrogen (secondary N) is 1. The second-order valence-corrected chi connectivity index (χ2v) is 9.11. The van der Waals surface area contributed by atoms with Crippen LogP contribution in [0, 0.1) is 20.8 Å². The first kappa shape index (κ1) is 21.0. The van der Waals surface area contributed by atoms with Gasteiger partial charge in [0.15, 0.2) is 5.13 Å². The zero-order valence-corrected chi connectivity index (χ0v) is 19.5. The van der Waals surface area contributed by atoms with Crippen molar-refractivity contribution in [2.24, 2.45) is 0 Å². The highest BCUT2D eigenvalue weighted by Crippen LogP contribution is 2.30. The van der Waals surface area contributed by atoms with Crippen molar-refractivity contribution in [1.29, 1.82) is 0 Å². The molecule has 0 atom stereocenters. The van der Waals surface area contributed by atoms with E-state index in [0.29, 0.717) is 10.7 Å². The Kier molecular flexibility index (Phi) is 5.48. The fourth-order valence-corrected chi connectivity index (χ4v) is 4.66. The van der Waals surface area contributed by atoms with Crippen LogP contribution in [-0.4, -0.2) is 15.9 Å². The first-order valence-electron chi connectivity index (χ1n) is 10.8. The molecular formula is C28H23N3OS. The van der Waals surface area contributed by atoms with Gasteiger partial charge in [0.1, 0.15) is 0 Å². The fourth-order valence-electron chi connectivity index (χ4n) is 3.96. The van der Waals surface area contributed by atoms with E-state index >= 15 is 0 Å². The monoisotopic (exact) mass is 449 g/mol. The van der Waals surface area contributed by atoms with Gasteiger partial charge in [-0.3, -0.25) is 10.1 Å². The second kappa shape index (κ2) is 8.60. The SMILES string of the molecule is Cc1ccc(-c2cc(C(=O)Nc3nc(-c4ccc(C)cc4C)cs3)c3ccccc3n2)cc1. The molecule has 0 unspecified atom stereocenters. The number of anilines is 1. The number of benzene rings is 3. The number of para-hydroxylation sites is 1. The molecule has 0 aliphatic rings. The van der Waals surface area contributed by atoms with Crippen molar-refractivity contribution < 1.29 is 4.79 Å². The topological polar surface area (TPSA) is 54.9 Å². The van der Waals surface area contributed by atoms with Crippen molar-refractivity contribution >= 4 is 33.3 Å². The lowest BCUT2D eigenvalue weighted by atomic mass is 10.0. The first-order chi connectivity index (χ1) is 16.0. The van der Waals surface area contributed by atoms with Gasteiger partial charge < -0.3 is 0 Å². The molecule has 0 radical (unpaired) electrons. The van der Waals surface area contributed by atoms with Gasteiger partial charge in [-0.25, -0.2) is 9.97 Å². The zero-order valence-electron chi connectivity index (χ0n) is 18.7. The standard InChI is InChI=1S/C28H23N3OS/c1-17-8-11-20(12-9-17)25-15-23(22-6-4-5-7-24(22)29-25)27(32)31-28-30-26(16-33-28)21-13-10-18(2)14-19(21)3/h4-16H,1-3H3,(H,30,31,32). The maximum atomic E-state index is 13.4. The number of carbonyl (C=O) groups excluding carboxylic acids is 1. The molecule has 0 bridgehead atoms. The zero-order chi connectivity index (χ0) is 22.9. The summed E-state index contributed by atoms with van der Waals surface area (Å²) < 4.78 is 0. The number of fused-ring (bicyclic) bond motifs is 1. The Bertz CT molecular complexity index is 1490. The first-order valence-corrected chi connectivity index (χ1v) is 11.7.